The van der Waals surface area contributed by atoms with Crippen LogP contribution in [0.1, 0.15) is 54.6 Å². The van der Waals surface area contributed by atoms with E-state index < -0.39 is 46.8 Å². The number of aromatic nitrogens is 4. The number of halogens is 6. The molecule has 7 rings (SSSR count). The van der Waals surface area contributed by atoms with Crippen molar-refractivity contribution in [3.63, 3.8) is 0 Å². The lowest BCUT2D eigenvalue weighted by Crippen LogP contribution is -2.08. The van der Waals surface area contributed by atoms with Crippen LogP contribution in [0.15, 0.2) is 72.8 Å². The molecular formula is C38H24F6N4O4. The Morgan fingerprint density at radius 3 is 1.15 bits per heavy atom. The van der Waals surface area contributed by atoms with E-state index in [2.05, 4.69) is 19.9 Å². The minimum absolute atomic E-state index is 0.0232. The van der Waals surface area contributed by atoms with Gasteiger partial charge in [0.1, 0.15) is 11.1 Å². The second-order valence-corrected chi connectivity index (χ2v) is 11.6. The van der Waals surface area contributed by atoms with Crippen LogP contribution in [0, 0.1) is 0 Å². The number of rotatable bonds is 4. The molecule has 0 saturated carbocycles. The summed E-state index contributed by atoms with van der Waals surface area (Å²) in [6.45, 7) is 0. The number of nitrogens with one attached hydrogen (secondary N) is 2. The van der Waals surface area contributed by atoms with Crippen LogP contribution < -0.4 is 0 Å². The molecule has 14 heteroatoms. The lowest BCUT2D eigenvalue weighted by molar-refractivity contribution is -0.137. The van der Waals surface area contributed by atoms with Gasteiger partial charge in [-0.25, -0.2) is 19.6 Å². The third-order valence-corrected chi connectivity index (χ3v) is 8.51. The predicted octanol–water partition coefficient (Wildman–Crippen LogP) is 9.60. The fourth-order valence-corrected chi connectivity index (χ4v) is 6.19. The number of H-pyrrole nitrogens is 2. The molecule has 2 N–H and O–H groups in total. The van der Waals surface area contributed by atoms with E-state index in [4.69, 9.17) is 9.47 Å². The molecule has 5 aromatic rings. The van der Waals surface area contributed by atoms with Crippen molar-refractivity contribution in [2.24, 2.45) is 0 Å². The predicted molar refractivity (Wildman–Crippen MR) is 182 cm³/mol. The van der Waals surface area contributed by atoms with Crippen LogP contribution in [0.5, 0.6) is 0 Å². The first-order valence-electron chi connectivity index (χ1n) is 15.4. The third-order valence-electron chi connectivity index (χ3n) is 8.51. The number of carbonyl (C=O) groups excluding carboxylic acids is 2. The molecular weight excluding hydrogens is 690 g/mol. The smallest absolute Gasteiger partial charge is 0.420 e. The fraction of sp³-hybridized carbons (Fsp3) is 0.105. The average Bonchev–Trinajstić information content (AvgIpc) is 3.94. The molecule has 0 radical (unpaired) electrons. The lowest BCUT2D eigenvalue weighted by Gasteiger charge is -2.09. The van der Waals surface area contributed by atoms with Crippen LogP contribution in [0.4, 0.5) is 26.3 Å². The molecule has 3 aromatic heterocycles. The van der Waals surface area contributed by atoms with Crippen LogP contribution in [0.25, 0.3) is 68.6 Å². The number of carbonyl (C=O) groups is 2. The van der Waals surface area contributed by atoms with Crippen molar-refractivity contribution in [3.05, 3.63) is 118 Å². The van der Waals surface area contributed by atoms with E-state index >= 15 is 0 Å². The minimum atomic E-state index is -4.90. The van der Waals surface area contributed by atoms with Gasteiger partial charge >= 0.3 is 24.3 Å². The summed E-state index contributed by atoms with van der Waals surface area (Å²) in [5.74, 6) is -1.27. The van der Waals surface area contributed by atoms with Crippen molar-refractivity contribution in [2.45, 2.75) is 12.4 Å². The second kappa shape index (κ2) is 12.7. The van der Waals surface area contributed by atoms with E-state index in [1.165, 1.54) is 111 Å². The zero-order valence-electron chi connectivity index (χ0n) is 27.0. The number of benzene rings is 2. The standard InChI is InChI=1S/C38H24F6N4O4/c1-51-35(49)21-7-3-19(4-8-21)31-23-11-15-27(45-23)33(37(39,40)41)29-17-13-25(47-29)32(20-5-9-22(10-6-20)36(50)52-2)26-14-18-30(48-26)34(38(42,43)44)28-16-12-24(31)46-28/h3-18,45,48H,1-2H3. The van der Waals surface area contributed by atoms with Gasteiger partial charge in [-0.3, -0.25) is 0 Å². The molecule has 0 atom stereocenters. The number of aromatic amines is 2. The number of methoxy groups -OCH3 is 2. The Balaban J connectivity index is 1.62. The Hall–Kier alpha value is -6.44. The Bertz CT molecular complexity index is 2320. The van der Waals surface area contributed by atoms with Gasteiger partial charge in [-0.2, -0.15) is 26.3 Å². The van der Waals surface area contributed by atoms with Crippen molar-refractivity contribution >= 4 is 58.3 Å². The number of alkyl halides is 6. The summed E-state index contributed by atoms with van der Waals surface area (Å²) in [4.78, 5) is 38.5. The highest BCUT2D eigenvalue weighted by Gasteiger charge is 2.37. The number of nitrogens with zero attached hydrogens (tertiary/aromatic N) is 2. The maximum Gasteiger partial charge on any atom is 0.420 e. The molecule has 8 bridgehead atoms. The molecule has 0 spiro atoms. The Morgan fingerprint density at radius 2 is 0.827 bits per heavy atom. The quantitative estimate of drug-likeness (QED) is 0.139. The number of hydrogen-bond donors (Lipinski definition) is 2. The molecule has 8 nitrogen and oxygen atoms in total. The van der Waals surface area contributed by atoms with Crippen LogP contribution >= 0.6 is 0 Å². The highest BCUT2D eigenvalue weighted by Crippen LogP contribution is 2.41. The van der Waals surface area contributed by atoms with Gasteiger partial charge in [0.05, 0.1) is 59.2 Å². The van der Waals surface area contributed by atoms with Gasteiger partial charge in [0.15, 0.2) is 0 Å². The van der Waals surface area contributed by atoms with Gasteiger partial charge < -0.3 is 19.4 Å². The highest BCUT2D eigenvalue weighted by atomic mass is 19.4. The van der Waals surface area contributed by atoms with Crippen LogP contribution in [0.3, 0.4) is 0 Å². The van der Waals surface area contributed by atoms with E-state index in [1.807, 2.05) is 0 Å². The zero-order chi connectivity index (χ0) is 36.9. The lowest BCUT2D eigenvalue weighted by atomic mass is 10.0. The summed E-state index contributed by atoms with van der Waals surface area (Å²) in [7, 11) is 2.40. The van der Waals surface area contributed by atoms with E-state index in [0.29, 0.717) is 11.1 Å². The Kier molecular flexibility index (Phi) is 8.32. The van der Waals surface area contributed by atoms with Crippen LogP contribution in [-0.4, -0.2) is 46.1 Å². The van der Waals surface area contributed by atoms with Gasteiger partial charge in [0.2, 0.25) is 0 Å². The third kappa shape index (κ3) is 6.12. The molecule has 0 aliphatic carbocycles. The van der Waals surface area contributed by atoms with E-state index in [1.54, 1.807) is 0 Å². The molecule has 2 aromatic carbocycles. The maximum absolute atomic E-state index is 14.9. The Morgan fingerprint density at radius 1 is 0.500 bits per heavy atom. The maximum atomic E-state index is 14.9. The molecule has 2 aliphatic heterocycles. The SMILES string of the molecule is COC(=O)c1ccc(-c2c3nc(c(C(F)(F)F)c4ccc([nH]4)c(-c4ccc(C(=O)OC)cc4)c4nc(c(C(F)(F)F)c5ccc2[nH]5)C=C4)C=C3)cc1. The Labute approximate surface area is 290 Å². The first kappa shape index (κ1) is 34.0. The summed E-state index contributed by atoms with van der Waals surface area (Å²) in [5.41, 5.74) is -2.10. The van der Waals surface area contributed by atoms with Crippen molar-refractivity contribution in [1.82, 2.24) is 19.9 Å². The summed E-state index contributed by atoms with van der Waals surface area (Å²) in [6.07, 6.45) is -4.77. The van der Waals surface area contributed by atoms with Crippen LogP contribution in [-0.2, 0) is 21.8 Å². The zero-order valence-corrected chi connectivity index (χ0v) is 27.0. The van der Waals surface area contributed by atoms with Gasteiger partial charge in [-0.1, -0.05) is 24.3 Å². The van der Waals surface area contributed by atoms with Crippen LogP contribution in [0.2, 0.25) is 0 Å². The molecule has 2 aliphatic rings. The topological polar surface area (TPSA) is 110 Å². The van der Waals surface area contributed by atoms with Crippen molar-refractivity contribution < 1.29 is 45.4 Å². The molecule has 262 valence electrons. The minimum Gasteiger partial charge on any atom is -0.465 e. The molecule has 0 unspecified atom stereocenters. The molecule has 5 heterocycles. The molecule has 0 saturated heterocycles. The monoisotopic (exact) mass is 714 g/mol. The fourth-order valence-electron chi connectivity index (χ4n) is 6.19. The second-order valence-electron chi connectivity index (χ2n) is 11.6. The molecule has 0 fully saturated rings. The number of fused-ring (bicyclic) bond motifs is 8. The first-order chi connectivity index (χ1) is 24.8. The average molecular weight is 715 g/mol. The van der Waals surface area contributed by atoms with Gasteiger partial charge in [0.25, 0.3) is 0 Å². The van der Waals surface area contributed by atoms with Crippen molar-refractivity contribution in [2.75, 3.05) is 14.2 Å². The van der Waals surface area contributed by atoms with Crippen molar-refractivity contribution in [3.8, 4) is 22.3 Å². The van der Waals surface area contributed by atoms with E-state index in [9.17, 15) is 35.9 Å². The number of hydrogen-bond acceptors (Lipinski definition) is 6. The van der Waals surface area contributed by atoms with E-state index in [0.717, 1.165) is 0 Å². The van der Waals surface area contributed by atoms with Gasteiger partial charge in [-0.15, -0.1) is 0 Å². The normalized spacial score (nSPS) is 12.6. The number of ether oxygens (including phenoxy) is 2. The number of esters is 2. The highest BCUT2D eigenvalue weighted by molar-refractivity contribution is 5.96. The van der Waals surface area contributed by atoms with Gasteiger partial charge in [0, 0.05) is 22.2 Å². The first-order valence-corrected chi connectivity index (χ1v) is 15.4. The van der Waals surface area contributed by atoms with Gasteiger partial charge in [-0.05, 0) is 84.0 Å². The molecule has 0 amide bonds. The van der Waals surface area contributed by atoms with Crippen molar-refractivity contribution in [1.29, 1.82) is 0 Å². The summed E-state index contributed by atoms with van der Waals surface area (Å²) in [6, 6.07) is 16.8. The molecule has 52 heavy (non-hydrogen) atoms. The largest absolute Gasteiger partial charge is 0.465 e. The van der Waals surface area contributed by atoms with E-state index in [-0.39, 0.29) is 55.7 Å². The summed E-state index contributed by atoms with van der Waals surface area (Å²) in [5, 5.41) is 0. The summed E-state index contributed by atoms with van der Waals surface area (Å²) < 4.78 is 98.9. The summed E-state index contributed by atoms with van der Waals surface area (Å²) >= 11 is 0.